The van der Waals surface area contributed by atoms with Gasteiger partial charge in [0.1, 0.15) is 0 Å². The average molecular weight is 275 g/mol. The van der Waals surface area contributed by atoms with Gasteiger partial charge in [-0.15, -0.1) is 11.6 Å². The van der Waals surface area contributed by atoms with Crippen LogP contribution in [0.5, 0.6) is 0 Å². The summed E-state index contributed by atoms with van der Waals surface area (Å²) in [6, 6.07) is 3.95. The minimum absolute atomic E-state index is 0.470. The smallest absolute Gasteiger partial charge is 0.0630 e. The molecule has 0 amide bonds. The van der Waals surface area contributed by atoms with E-state index >= 15 is 0 Å². The maximum absolute atomic E-state index is 5.84. The highest BCUT2D eigenvalue weighted by molar-refractivity contribution is 9.10. The molecular formula is C11H13BrClN. The third kappa shape index (κ3) is 3.43. The van der Waals surface area contributed by atoms with E-state index in [4.69, 9.17) is 11.6 Å². The van der Waals surface area contributed by atoms with Gasteiger partial charge in [-0.3, -0.25) is 4.98 Å². The molecule has 76 valence electrons. The van der Waals surface area contributed by atoms with E-state index in [1.165, 1.54) is 5.57 Å². The van der Waals surface area contributed by atoms with Crippen molar-refractivity contribution in [3.63, 3.8) is 0 Å². The Morgan fingerprint density at radius 2 is 2.29 bits per heavy atom. The SMILES string of the molecule is CC(C)/C(=C/c1ccc(Br)cn1)CCl. The second-order valence-electron chi connectivity index (χ2n) is 3.41. The second-order valence-corrected chi connectivity index (χ2v) is 4.59. The van der Waals surface area contributed by atoms with Crippen molar-refractivity contribution in [3.05, 3.63) is 34.1 Å². The van der Waals surface area contributed by atoms with Crippen LogP contribution in [-0.4, -0.2) is 10.9 Å². The molecule has 3 heteroatoms. The van der Waals surface area contributed by atoms with Crippen LogP contribution in [0.15, 0.2) is 28.4 Å². The predicted octanol–water partition coefficient (Wildman–Crippen LogP) is 4.12. The molecule has 1 nitrogen and oxygen atoms in total. The normalized spacial score (nSPS) is 12.2. The number of hydrogen-bond acceptors (Lipinski definition) is 1. The quantitative estimate of drug-likeness (QED) is 0.756. The topological polar surface area (TPSA) is 12.9 Å². The molecule has 0 saturated carbocycles. The van der Waals surface area contributed by atoms with Gasteiger partial charge in [0.25, 0.3) is 0 Å². The van der Waals surface area contributed by atoms with E-state index < -0.39 is 0 Å². The van der Waals surface area contributed by atoms with Gasteiger partial charge < -0.3 is 0 Å². The largest absolute Gasteiger partial charge is 0.256 e. The summed E-state index contributed by atoms with van der Waals surface area (Å²) in [5.41, 5.74) is 2.17. The molecule has 1 heterocycles. The Hall–Kier alpha value is -0.340. The molecule has 0 aliphatic rings. The van der Waals surface area contributed by atoms with Crippen molar-refractivity contribution in [2.24, 2.45) is 5.92 Å². The summed E-state index contributed by atoms with van der Waals surface area (Å²) in [5.74, 6) is 1.04. The zero-order valence-corrected chi connectivity index (χ0v) is 10.6. The minimum atomic E-state index is 0.470. The van der Waals surface area contributed by atoms with Gasteiger partial charge in [-0.25, -0.2) is 0 Å². The van der Waals surface area contributed by atoms with Gasteiger partial charge >= 0.3 is 0 Å². The number of pyridine rings is 1. The number of aromatic nitrogens is 1. The summed E-state index contributed by atoms with van der Waals surface area (Å²) in [5, 5.41) is 0. The monoisotopic (exact) mass is 273 g/mol. The Bertz CT molecular complexity index is 317. The lowest BCUT2D eigenvalue weighted by molar-refractivity contribution is 0.777. The van der Waals surface area contributed by atoms with Crippen molar-refractivity contribution in [1.29, 1.82) is 0 Å². The fourth-order valence-corrected chi connectivity index (χ4v) is 1.64. The van der Waals surface area contributed by atoms with E-state index in [9.17, 15) is 0 Å². The van der Waals surface area contributed by atoms with E-state index in [0.29, 0.717) is 11.8 Å². The molecule has 1 aromatic heterocycles. The zero-order chi connectivity index (χ0) is 10.6. The van der Waals surface area contributed by atoms with E-state index in [1.54, 1.807) is 6.20 Å². The number of rotatable bonds is 3. The Balaban J connectivity index is 2.89. The molecule has 0 spiro atoms. The third-order valence-electron chi connectivity index (χ3n) is 1.98. The van der Waals surface area contributed by atoms with Crippen LogP contribution in [0.25, 0.3) is 6.08 Å². The fraction of sp³-hybridized carbons (Fsp3) is 0.364. The zero-order valence-electron chi connectivity index (χ0n) is 8.30. The highest BCUT2D eigenvalue weighted by atomic mass is 79.9. The summed E-state index contributed by atoms with van der Waals surface area (Å²) in [7, 11) is 0. The van der Waals surface area contributed by atoms with Crippen LogP contribution in [-0.2, 0) is 0 Å². The first-order valence-corrected chi connectivity index (χ1v) is 5.84. The van der Waals surface area contributed by atoms with Crippen molar-refractivity contribution in [2.75, 3.05) is 5.88 Å². The number of allylic oxidation sites excluding steroid dienone is 1. The molecule has 1 aromatic rings. The summed E-state index contributed by atoms with van der Waals surface area (Å²) >= 11 is 9.19. The summed E-state index contributed by atoms with van der Waals surface area (Å²) < 4.78 is 0.992. The highest BCUT2D eigenvalue weighted by Crippen LogP contribution is 2.16. The van der Waals surface area contributed by atoms with Crippen LogP contribution in [0.3, 0.4) is 0 Å². The molecule has 0 N–H and O–H groups in total. The van der Waals surface area contributed by atoms with E-state index in [2.05, 4.69) is 34.8 Å². The number of alkyl halides is 1. The van der Waals surface area contributed by atoms with Gasteiger partial charge in [-0.05, 0) is 40.1 Å². The molecule has 0 bridgehead atoms. The number of halogens is 2. The molecule has 0 radical (unpaired) electrons. The Kier molecular flexibility index (Phi) is 4.63. The third-order valence-corrected chi connectivity index (χ3v) is 2.76. The molecule has 0 atom stereocenters. The summed E-state index contributed by atoms with van der Waals surface area (Å²) in [4.78, 5) is 4.27. The van der Waals surface area contributed by atoms with E-state index in [1.807, 2.05) is 18.2 Å². The van der Waals surface area contributed by atoms with Gasteiger partial charge in [0.15, 0.2) is 0 Å². The molecule has 0 saturated heterocycles. The molecule has 0 aromatic carbocycles. The van der Waals surface area contributed by atoms with Gasteiger partial charge in [0, 0.05) is 16.5 Å². The molecule has 0 aliphatic carbocycles. The summed E-state index contributed by atoms with van der Waals surface area (Å²) in [6.45, 7) is 4.26. The predicted molar refractivity (Wildman–Crippen MR) is 65.5 cm³/mol. The van der Waals surface area contributed by atoms with Crippen molar-refractivity contribution in [2.45, 2.75) is 13.8 Å². The van der Waals surface area contributed by atoms with Gasteiger partial charge in [0.05, 0.1) is 5.69 Å². The molecule has 14 heavy (non-hydrogen) atoms. The standard InChI is InChI=1S/C11H13BrClN/c1-8(2)9(6-13)5-11-4-3-10(12)7-14-11/h3-5,7-8H,6H2,1-2H3/b9-5+. The van der Waals surface area contributed by atoms with Gasteiger partial charge in [-0.1, -0.05) is 19.4 Å². The van der Waals surface area contributed by atoms with Crippen LogP contribution in [0.1, 0.15) is 19.5 Å². The Morgan fingerprint density at radius 1 is 1.57 bits per heavy atom. The lowest BCUT2D eigenvalue weighted by Gasteiger charge is -2.06. The fourth-order valence-electron chi connectivity index (χ4n) is 1.02. The molecule has 0 aliphatic heterocycles. The highest BCUT2D eigenvalue weighted by Gasteiger charge is 2.01. The number of hydrogen-bond donors (Lipinski definition) is 0. The van der Waals surface area contributed by atoms with Crippen molar-refractivity contribution >= 4 is 33.6 Å². The Morgan fingerprint density at radius 3 is 2.71 bits per heavy atom. The maximum Gasteiger partial charge on any atom is 0.0630 e. The van der Waals surface area contributed by atoms with Crippen molar-refractivity contribution in [1.82, 2.24) is 4.98 Å². The van der Waals surface area contributed by atoms with Gasteiger partial charge in [0.2, 0.25) is 0 Å². The molecule has 1 rings (SSSR count). The van der Waals surface area contributed by atoms with Crippen LogP contribution in [0.2, 0.25) is 0 Å². The Labute approximate surface area is 98.3 Å². The van der Waals surface area contributed by atoms with Crippen molar-refractivity contribution < 1.29 is 0 Å². The first kappa shape index (κ1) is 11.7. The van der Waals surface area contributed by atoms with Crippen molar-refractivity contribution in [3.8, 4) is 0 Å². The van der Waals surface area contributed by atoms with Crippen LogP contribution < -0.4 is 0 Å². The second kappa shape index (κ2) is 5.52. The van der Waals surface area contributed by atoms with Crippen LogP contribution >= 0.6 is 27.5 Å². The van der Waals surface area contributed by atoms with E-state index in [-0.39, 0.29) is 0 Å². The lowest BCUT2D eigenvalue weighted by Crippen LogP contribution is -1.95. The van der Waals surface area contributed by atoms with Gasteiger partial charge in [-0.2, -0.15) is 0 Å². The van der Waals surface area contributed by atoms with Crippen LogP contribution in [0.4, 0.5) is 0 Å². The van der Waals surface area contributed by atoms with Crippen LogP contribution in [0, 0.1) is 5.92 Å². The number of nitrogens with zero attached hydrogens (tertiary/aromatic N) is 1. The van der Waals surface area contributed by atoms with E-state index in [0.717, 1.165) is 10.2 Å². The summed E-state index contributed by atoms with van der Waals surface area (Å²) in [6.07, 6.45) is 3.84. The molecular weight excluding hydrogens is 261 g/mol. The first-order valence-electron chi connectivity index (χ1n) is 4.51. The molecule has 0 unspecified atom stereocenters. The maximum atomic E-state index is 5.84. The minimum Gasteiger partial charge on any atom is -0.256 e. The lowest BCUT2D eigenvalue weighted by atomic mass is 10.0. The molecule has 0 fully saturated rings. The first-order chi connectivity index (χ1) is 6.63. The average Bonchev–Trinajstić information content (AvgIpc) is 2.16.